The molecule has 2 rings (SSSR count). The normalized spacial score (nSPS) is 18.6. The average Bonchev–Trinajstić information content (AvgIpc) is 3.06. The fourth-order valence-corrected chi connectivity index (χ4v) is 3.03. The zero-order chi connectivity index (χ0) is 16.3. The zero-order valence-corrected chi connectivity index (χ0v) is 14.0. The van der Waals surface area contributed by atoms with E-state index in [1.165, 1.54) is 0 Å². The van der Waals surface area contributed by atoms with Crippen LogP contribution in [-0.2, 0) is 20.9 Å². The Labute approximate surface area is 134 Å². The Balaban J connectivity index is 1.96. The van der Waals surface area contributed by atoms with Crippen LogP contribution >= 0.6 is 11.3 Å². The Morgan fingerprint density at radius 3 is 2.73 bits per heavy atom. The van der Waals surface area contributed by atoms with Crippen molar-refractivity contribution in [1.29, 1.82) is 0 Å². The van der Waals surface area contributed by atoms with Crippen molar-refractivity contribution >= 4 is 28.9 Å². The number of hydrogen-bond acceptors (Lipinski definition) is 4. The second-order valence-electron chi connectivity index (χ2n) is 6.55. The highest BCUT2D eigenvalue weighted by atomic mass is 32.1. The van der Waals surface area contributed by atoms with Crippen molar-refractivity contribution in [2.24, 2.45) is 5.41 Å². The molecule has 1 aliphatic heterocycles. The highest BCUT2D eigenvalue weighted by Gasteiger charge is 2.36. The highest BCUT2D eigenvalue weighted by molar-refractivity contribution is 7.09. The molecule has 2 heterocycles. The third kappa shape index (κ3) is 3.94. The van der Waals surface area contributed by atoms with Gasteiger partial charge in [0.1, 0.15) is 6.04 Å². The highest BCUT2D eigenvalue weighted by Crippen LogP contribution is 2.23. The number of carbonyl (C=O) groups is 3. The van der Waals surface area contributed by atoms with Crippen LogP contribution in [0, 0.1) is 5.41 Å². The maximum atomic E-state index is 12.3. The van der Waals surface area contributed by atoms with E-state index >= 15 is 0 Å². The van der Waals surface area contributed by atoms with Crippen LogP contribution in [0.5, 0.6) is 0 Å². The van der Waals surface area contributed by atoms with Crippen LogP contribution in [-0.4, -0.2) is 35.1 Å². The molecule has 1 aromatic heterocycles. The van der Waals surface area contributed by atoms with Gasteiger partial charge in [-0.15, -0.1) is 11.3 Å². The topological polar surface area (TPSA) is 66.5 Å². The summed E-state index contributed by atoms with van der Waals surface area (Å²) in [5, 5.41) is 4.63. The molecule has 0 spiro atoms. The van der Waals surface area contributed by atoms with Gasteiger partial charge in [0.15, 0.2) is 5.78 Å². The summed E-state index contributed by atoms with van der Waals surface area (Å²) in [4.78, 5) is 38.9. The van der Waals surface area contributed by atoms with Crippen LogP contribution in [0.3, 0.4) is 0 Å². The molecule has 1 N–H and O–H groups in total. The summed E-state index contributed by atoms with van der Waals surface area (Å²) < 4.78 is 0. The summed E-state index contributed by atoms with van der Waals surface area (Å²) in [7, 11) is 0. The van der Waals surface area contributed by atoms with Gasteiger partial charge in [-0.3, -0.25) is 14.4 Å². The molecule has 1 aliphatic rings. The number of carbonyl (C=O) groups excluding carboxylic acids is 3. The van der Waals surface area contributed by atoms with Gasteiger partial charge in [0, 0.05) is 16.7 Å². The van der Waals surface area contributed by atoms with E-state index in [4.69, 9.17) is 0 Å². The molecule has 1 unspecified atom stereocenters. The van der Waals surface area contributed by atoms with Crippen LogP contribution < -0.4 is 5.32 Å². The first kappa shape index (κ1) is 16.7. The Morgan fingerprint density at radius 2 is 2.14 bits per heavy atom. The molecule has 0 bridgehead atoms. The molecule has 22 heavy (non-hydrogen) atoms. The van der Waals surface area contributed by atoms with Gasteiger partial charge in [-0.1, -0.05) is 26.8 Å². The summed E-state index contributed by atoms with van der Waals surface area (Å²) in [5.74, 6) is -0.259. The summed E-state index contributed by atoms with van der Waals surface area (Å²) in [6.45, 7) is 5.94. The van der Waals surface area contributed by atoms with Crippen LogP contribution in [0.25, 0.3) is 0 Å². The lowest BCUT2D eigenvalue weighted by Crippen LogP contribution is -2.46. The SMILES string of the molecule is CC(C)(C)C(=O)CNC(=O)C1CCC(=O)N1Cc1cccs1. The Kier molecular flexibility index (Phi) is 5.01. The molecule has 6 heteroatoms. The molecule has 2 amide bonds. The van der Waals surface area contributed by atoms with Gasteiger partial charge >= 0.3 is 0 Å². The van der Waals surface area contributed by atoms with E-state index in [0.29, 0.717) is 19.4 Å². The van der Waals surface area contributed by atoms with Gasteiger partial charge in [0.25, 0.3) is 0 Å². The van der Waals surface area contributed by atoms with Gasteiger partial charge in [-0.2, -0.15) is 0 Å². The van der Waals surface area contributed by atoms with Crippen molar-refractivity contribution in [3.05, 3.63) is 22.4 Å². The number of nitrogens with one attached hydrogen (secondary N) is 1. The quantitative estimate of drug-likeness (QED) is 0.901. The third-order valence-corrected chi connectivity index (χ3v) is 4.66. The minimum atomic E-state index is -0.477. The van der Waals surface area contributed by atoms with Crippen molar-refractivity contribution in [2.75, 3.05) is 6.54 Å². The first-order chi connectivity index (χ1) is 10.3. The predicted molar refractivity (Wildman–Crippen MR) is 85.4 cm³/mol. The van der Waals surface area contributed by atoms with E-state index in [1.807, 2.05) is 38.3 Å². The maximum Gasteiger partial charge on any atom is 0.243 e. The molecule has 1 saturated heterocycles. The number of likely N-dealkylation sites (tertiary alicyclic amines) is 1. The fraction of sp³-hybridized carbons (Fsp3) is 0.562. The average molecular weight is 322 g/mol. The van der Waals surface area contributed by atoms with Crippen molar-refractivity contribution in [3.8, 4) is 0 Å². The molecule has 1 aromatic rings. The van der Waals surface area contributed by atoms with Crippen LogP contribution in [0.2, 0.25) is 0 Å². The Bertz CT molecular complexity index is 560. The number of thiophene rings is 1. The van der Waals surface area contributed by atoms with E-state index < -0.39 is 11.5 Å². The van der Waals surface area contributed by atoms with E-state index in [0.717, 1.165) is 4.88 Å². The molecule has 0 aromatic carbocycles. The molecule has 5 nitrogen and oxygen atoms in total. The Morgan fingerprint density at radius 1 is 1.41 bits per heavy atom. The zero-order valence-electron chi connectivity index (χ0n) is 13.2. The fourth-order valence-electron chi connectivity index (χ4n) is 2.33. The first-order valence-corrected chi connectivity index (χ1v) is 8.30. The standard InChI is InChI=1S/C16H22N2O3S/c1-16(2,3)13(19)9-17-15(21)12-6-7-14(20)18(12)10-11-5-4-8-22-11/h4-5,8,12H,6-7,9-10H2,1-3H3,(H,17,21). The first-order valence-electron chi connectivity index (χ1n) is 7.42. The van der Waals surface area contributed by atoms with Crippen molar-refractivity contribution in [1.82, 2.24) is 10.2 Å². The summed E-state index contributed by atoms with van der Waals surface area (Å²) in [6.07, 6.45) is 0.899. The minimum Gasteiger partial charge on any atom is -0.347 e. The molecule has 1 atom stereocenters. The van der Waals surface area contributed by atoms with E-state index in [-0.39, 0.29) is 24.1 Å². The van der Waals surface area contributed by atoms with Gasteiger partial charge in [-0.05, 0) is 17.9 Å². The van der Waals surface area contributed by atoms with Crippen LogP contribution in [0.4, 0.5) is 0 Å². The molecule has 1 fully saturated rings. The molecular formula is C16H22N2O3S. The summed E-state index contributed by atoms with van der Waals surface area (Å²) >= 11 is 1.57. The largest absolute Gasteiger partial charge is 0.347 e. The molecule has 0 radical (unpaired) electrons. The second kappa shape index (κ2) is 6.60. The smallest absolute Gasteiger partial charge is 0.243 e. The van der Waals surface area contributed by atoms with Crippen molar-refractivity contribution in [2.45, 2.75) is 46.2 Å². The summed E-state index contributed by atoms with van der Waals surface area (Å²) in [6, 6.07) is 3.41. The predicted octanol–water partition coefficient (Wildman–Crippen LogP) is 1.97. The number of Topliss-reactive ketones (excluding diaryl/α,β-unsaturated/α-hetero) is 1. The number of nitrogens with zero attached hydrogens (tertiary/aromatic N) is 1. The lowest BCUT2D eigenvalue weighted by Gasteiger charge is -2.24. The van der Waals surface area contributed by atoms with Crippen LogP contribution in [0.1, 0.15) is 38.5 Å². The third-order valence-electron chi connectivity index (χ3n) is 3.80. The number of rotatable bonds is 5. The molecule has 120 valence electrons. The lowest BCUT2D eigenvalue weighted by atomic mass is 9.91. The molecule has 0 aliphatic carbocycles. The monoisotopic (exact) mass is 322 g/mol. The van der Waals surface area contributed by atoms with E-state index in [2.05, 4.69) is 5.32 Å². The van der Waals surface area contributed by atoms with E-state index in [9.17, 15) is 14.4 Å². The Hall–Kier alpha value is -1.69. The van der Waals surface area contributed by atoms with Crippen LogP contribution in [0.15, 0.2) is 17.5 Å². The van der Waals surface area contributed by atoms with Gasteiger partial charge in [0.2, 0.25) is 11.8 Å². The van der Waals surface area contributed by atoms with Gasteiger partial charge in [0.05, 0.1) is 13.1 Å². The van der Waals surface area contributed by atoms with Gasteiger partial charge in [-0.25, -0.2) is 0 Å². The minimum absolute atomic E-state index is 0.00398. The van der Waals surface area contributed by atoms with E-state index in [1.54, 1.807) is 16.2 Å². The number of hydrogen-bond donors (Lipinski definition) is 1. The molecule has 0 saturated carbocycles. The van der Waals surface area contributed by atoms with Crippen molar-refractivity contribution in [3.63, 3.8) is 0 Å². The lowest BCUT2D eigenvalue weighted by molar-refractivity contribution is -0.136. The second-order valence-corrected chi connectivity index (χ2v) is 7.58. The maximum absolute atomic E-state index is 12.3. The summed E-state index contributed by atoms with van der Waals surface area (Å²) in [5.41, 5.74) is -0.477. The van der Waals surface area contributed by atoms with Gasteiger partial charge < -0.3 is 10.2 Å². The number of amides is 2. The molecular weight excluding hydrogens is 300 g/mol. The number of ketones is 1. The van der Waals surface area contributed by atoms with Crippen molar-refractivity contribution < 1.29 is 14.4 Å².